The molecule has 1 N–H and O–H groups in total. The largest absolute Gasteiger partial charge is 0.478 e. The molecule has 0 heterocycles. The molecule has 14 heavy (non-hydrogen) atoms. The lowest BCUT2D eigenvalue weighted by atomic mass is 9.88. The van der Waals surface area contributed by atoms with E-state index in [1.165, 1.54) is 17.2 Å². The molecule has 1 aliphatic rings. The summed E-state index contributed by atoms with van der Waals surface area (Å²) in [6.07, 6.45) is 3.98. The molecule has 0 aromatic heterocycles. The van der Waals surface area contributed by atoms with Crippen LogP contribution in [0.5, 0.6) is 0 Å². The van der Waals surface area contributed by atoms with Gasteiger partial charge in [-0.2, -0.15) is 0 Å². The average Bonchev–Trinajstić information content (AvgIpc) is 2.17. The van der Waals surface area contributed by atoms with Crippen molar-refractivity contribution >= 4 is 5.97 Å². The van der Waals surface area contributed by atoms with Crippen molar-refractivity contribution in [2.75, 3.05) is 0 Å². The number of aryl methyl sites for hydroxylation is 1. The van der Waals surface area contributed by atoms with Crippen molar-refractivity contribution in [1.29, 1.82) is 0 Å². The molecule has 1 aliphatic carbocycles. The normalized spacial score (nSPS) is 17.9. The average molecular weight is 188 g/mol. The third-order valence-corrected chi connectivity index (χ3v) is 2.58. The van der Waals surface area contributed by atoms with Crippen molar-refractivity contribution in [2.24, 2.45) is 0 Å². The number of hydrogen-bond donors (Lipinski definition) is 1. The number of carbonyl (C=O) groups is 1. The maximum atomic E-state index is 10.5. The van der Waals surface area contributed by atoms with E-state index in [-0.39, 0.29) is 0 Å². The van der Waals surface area contributed by atoms with Crippen molar-refractivity contribution in [3.05, 3.63) is 47.0 Å². The van der Waals surface area contributed by atoms with Gasteiger partial charge in [-0.15, -0.1) is 0 Å². The fourth-order valence-electron chi connectivity index (χ4n) is 1.90. The van der Waals surface area contributed by atoms with E-state index in [0.717, 1.165) is 24.8 Å². The fraction of sp³-hybridized carbons (Fsp3) is 0.250. The highest BCUT2D eigenvalue weighted by molar-refractivity contribution is 5.80. The molecular formula is C12H12O2. The molecule has 0 spiro atoms. The van der Waals surface area contributed by atoms with Gasteiger partial charge in [0.1, 0.15) is 0 Å². The molecular weight excluding hydrogens is 176 g/mol. The fourth-order valence-corrected chi connectivity index (χ4v) is 1.90. The second-order valence-corrected chi connectivity index (χ2v) is 3.59. The highest BCUT2D eigenvalue weighted by Crippen LogP contribution is 2.24. The molecule has 0 unspecified atom stereocenters. The zero-order chi connectivity index (χ0) is 9.97. The van der Waals surface area contributed by atoms with Crippen LogP contribution < -0.4 is 0 Å². The Kier molecular flexibility index (Phi) is 2.35. The lowest BCUT2D eigenvalue weighted by Gasteiger charge is -2.17. The molecule has 0 amide bonds. The van der Waals surface area contributed by atoms with E-state index in [1.807, 2.05) is 12.1 Å². The van der Waals surface area contributed by atoms with Crippen LogP contribution in [0.3, 0.4) is 0 Å². The Morgan fingerprint density at radius 2 is 1.93 bits per heavy atom. The summed E-state index contributed by atoms with van der Waals surface area (Å²) in [6, 6.07) is 8.23. The summed E-state index contributed by atoms with van der Waals surface area (Å²) in [4.78, 5) is 10.5. The summed E-state index contributed by atoms with van der Waals surface area (Å²) in [7, 11) is 0. The molecule has 0 fully saturated rings. The van der Waals surface area contributed by atoms with Crippen molar-refractivity contribution in [1.82, 2.24) is 0 Å². The zero-order valence-electron chi connectivity index (χ0n) is 7.86. The molecule has 0 radical (unpaired) electrons. The van der Waals surface area contributed by atoms with Gasteiger partial charge in [0.15, 0.2) is 0 Å². The van der Waals surface area contributed by atoms with Crippen LogP contribution in [0.25, 0.3) is 0 Å². The first-order valence-electron chi connectivity index (χ1n) is 4.75. The number of aliphatic carboxylic acids is 1. The molecule has 2 heteroatoms. The highest BCUT2D eigenvalue weighted by atomic mass is 16.4. The van der Waals surface area contributed by atoms with Gasteiger partial charge in [-0.1, -0.05) is 29.8 Å². The molecule has 0 atom stereocenters. The van der Waals surface area contributed by atoms with Crippen LogP contribution in [0.15, 0.2) is 35.9 Å². The number of carboxylic acids is 1. The van der Waals surface area contributed by atoms with Crippen LogP contribution in [-0.2, 0) is 17.6 Å². The molecule has 1 aromatic carbocycles. The number of benzene rings is 1. The number of hydrogen-bond acceptors (Lipinski definition) is 1. The van der Waals surface area contributed by atoms with Crippen molar-refractivity contribution in [3.63, 3.8) is 0 Å². The zero-order valence-corrected chi connectivity index (χ0v) is 7.86. The maximum absolute atomic E-state index is 10.5. The second kappa shape index (κ2) is 3.66. The predicted molar refractivity (Wildman–Crippen MR) is 54.2 cm³/mol. The Morgan fingerprint density at radius 3 is 2.64 bits per heavy atom. The number of fused-ring (bicyclic) bond motifs is 1. The Bertz CT molecular complexity index is 391. The summed E-state index contributed by atoms with van der Waals surface area (Å²) >= 11 is 0. The van der Waals surface area contributed by atoms with E-state index >= 15 is 0 Å². The monoisotopic (exact) mass is 188 g/mol. The van der Waals surface area contributed by atoms with Crippen LogP contribution in [0, 0.1) is 0 Å². The van der Waals surface area contributed by atoms with Crippen LogP contribution in [0.1, 0.15) is 17.5 Å². The predicted octanol–water partition coefficient (Wildman–Crippen LogP) is 2.19. The first kappa shape index (κ1) is 9.00. The lowest BCUT2D eigenvalue weighted by Crippen LogP contribution is -2.06. The van der Waals surface area contributed by atoms with E-state index in [2.05, 4.69) is 12.1 Å². The maximum Gasteiger partial charge on any atom is 0.328 e. The van der Waals surface area contributed by atoms with E-state index in [1.54, 1.807) is 0 Å². The Morgan fingerprint density at radius 1 is 1.21 bits per heavy atom. The van der Waals surface area contributed by atoms with Gasteiger partial charge in [-0.25, -0.2) is 4.79 Å². The number of rotatable bonds is 1. The smallest absolute Gasteiger partial charge is 0.328 e. The summed E-state index contributed by atoms with van der Waals surface area (Å²) in [5.41, 5.74) is 3.65. The molecule has 72 valence electrons. The van der Waals surface area contributed by atoms with Crippen molar-refractivity contribution < 1.29 is 9.90 Å². The van der Waals surface area contributed by atoms with Crippen molar-refractivity contribution in [3.8, 4) is 0 Å². The first-order chi connectivity index (χ1) is 6.75. The first-order valence-corrected chi connectivity index (χ1v) is 4.75. The van der Waals surface area contributed by atoms with Gasteiger partial charge < -0.3 is 5.11 Å². The quantitative estimate of drug-likeness (QED) is 0.686. The van der Waals surface area contributed by atoms with Gasteiger partial charge in [0, 0.05) is 6.08 Å². The topological polar surface area (TPSA) is 37.3 Å². The Balaban J connectivity index is 2.25. The lowest BCUT2D eigenvalue weighted by molar-refractivity contribution is -0.131. The van der Waals surface area contributed by atoms with E-state index in [4.69, 9.17) is 5.11 Å². The summed E-state index contributed by atoms with van der Waals surface area (Å²) in [5.74, 6) is -0.834. The molecule has 1 aromatic rings. The number of carboxylic acid groups (broad SMARTS) is 1. The van der Waals surface area contributed by atoms with Gasteiger partial charge in [-0.05, 0) is 30.4 Å². The summed E-state index contributed by atoms with van der Waals surface area (Å²) < 4.78 is 0. The summed E-state index contributed by atoms with van der Waals surface area (Å²) in [6.45, 7) is 0. The minimum atomic E-state index is -0.834. The highest BCUT2D eigenvalue weighted by Gasteiger charge is 2.12. The van der Waals surface area contributed by atoms with Gasteiger partial charge in [0.25, 0.3) is 0 Å². The third kappa shape index (κ3) is 1.84. The summed E-state index contributed by atoms with van der Waals surface area (Å²) in [5, 5.41) is 8.64. The van der Waals surface area contributed by atoms with Gasteiger partial charge >= 0.3 is 5.97 Å². The minimum Gasteiger partial charge on any atom is -0.478 e. The molecule has 0 bridgehead atoms. The minimum absolute atomic E-state index is 0.794. The SMILES string of the molecule is O=C(O)/C=C1/CCc2ccccc2C1. The van der Waals surface area contributed by atoms with Crippen LogP contribution >= 0.6 is 0 Å². The molecule has 2 rings (SSSR count). The van der Waals surface area contributed by atoms with Crippen LogP contribution in [-0.4, -0.2) is 11.1 Å². The van der Waals surface area contributed by atoms with E-state index < -0.39 is 5.97 Å². The Labute approximate surface area is 82.9 Å². The molecule has 0 saturated heterocycles. The van der Waals surface area contributed by atoms with E-state index in [9.17, 15) is 4.79 Å². The van der Waals surface area contributed by atoms with Crippen molar-refractivity contribution in [2.45, 2.75) is 19.3 Å². The third-order valence-electron chi connectivity index (χ3n) is 2.58. The van der Waals surface area contributed by atoms with Gasteiger partial charge in [-0.3, -0.25) is 0 Å². The van der Waals surface area contributed by atoms with Gasteiger partial charge in [0.2, 0.25) is 0 Å². The molecule has 2 nitrogen and oxygen atoms in total. The van der Waals surface area contributed by atoms with E-state index in [0.29, 0.717) is 0 Å². The standard InChI is InChI=1S/C12H12O2/c13-12(14)8-9-5-6-10-3-1-2-4-11(10)7-9/h1-4,8H,5-7H2,(H,13,14)/b9-8-. The Hall–Kier alpha value is -1.57. The van der Waals surface area contributed by atoms with Crippen LogP contribution in [0.2, 0.25) is 0 Å². The van der Waals surface area contributed by atoms with Gasteiger partial charge in [0.05, 0.1) is 0 Å². The molecule has 0 aliphatic heterocycles. The molecule has 0 saturated carbocycles. The van der Waals surface area contributed by atoms with Crippen LogP contribution in [0.4, 0.5) is 0 Å². The second-order valence-electron chi connectivity index (χ2n) is 3.59. The number of allylic oxidation sites excluding steroid dienone is 1.